The van der Waals surface area contributed by atoms with Crippen LogP contribution in [-0.2, 0) is 11.4 Å². The summed E-state index contributed by atoms with van der Waals surface area (Å²) in [5, 5.41) is 9.84. The van der Waals surface area contributed by atoms with E-state index in [1.54, 1.807) is 43.5 Å². The molecule has 0 saturated heterocycles. The highest BCUT2D eigenvalue weighted by Crippen LogP contribution is 2.36. The third kappa shape index (κ3) is 6.34. The first-order chi connectivity index (χ1) is 19.8. The lowest BCUT2D eigenvalue weighted by Crippen LogP contribution is -2.07. The molecule has 0 atom stereocenters. The zero-order valence-electron chi connectivity index (χ0n) is 23.0. The summed E-state index contributed by atoms with van der Waals surface area (Å²) in [7, 11) is 0. The van der Waals surface area contributed by atoms with Gasteiger partial charge in [0.25, 0.3) is 0 Å². The lowest BCUT2D eigenvalue weighted by atomic mass is 9.97. The number of fused-ring (bicyclic) bond motifs is 1. The molecule has 0 unspecified atom stereocenters. The quantitative estimate of drug-likeness (QED) is 0.150. The number of hydrogen-bond donors (Lipinski definition) is 1. The minimum Gasteiger partial charge on any atom is -0.489 e. The minimum absolute atomic E-state index is 0.187. The molecule has 0 aliphatic heterocycles. The molecule has 0 spiro atoms. The van der Waals surface area contributed by atoms with Crippen molar-refractivity contribution >= 4 is 28.7 Å². The third-order valence-electron chi connectivity index (χ3n) is 6.73. The number of aromatic nitrogens is 1. The highest BCUT2D eigenvalue weighted by molar-refractivity contribution is 6.14. The van der Waals surface area contributed by atoms with E-state index in [1.807, 2.05) is 80.6 Å². The first-order valence-electron chi connectivity index (χ1n) is 13.2. The maximum absolute atomic E-state index is 13.8. The number of carboxylic acids is 1. The van der Waals surface area contributed by atoms with Crippen molar-refractivity contribution in [3.05, 3.63) is 136 Å². The Morgan fingerprint density at radius 1 is 0.854 bits per heavy atom. The molecule has 4 aromatic carbocycles. The van der Waals surface area contributed by atoms with Gasteiger partial charge in [-0.05, 0) is 67.8 Å². The number of aryl methyl sites for hydroxylation is 2. The van der Waals surface area contributed by atoms with Crippen LogP contribution in [0.15, 0.2) is 103 Å². The first-order valence-corrected chi connectivity index (χ1v) is 13.2. The lowest BCUT2D eigenvalue weighted by molar-refractivity contribution is -0.132. The largest absolute Gasteiger partial charge is 0.489 e. The van der Waals surface area contributed by atoms with Crippen molar-refractivity contribution in [3.63, 3.8) is 0 Å². The van der Waals surface area contributed by atoms with Crippen molar-refractivity contribution in [2.45, 2.75) is 27.4 Å². The number of carbonyl (C=O) groups excluding carboxylic acids is 1. The fourth-order valence-corrected chi connectivity index (χ4v) is 4.53. The number of ether oxygens (including phenoxy) is 2. The number of benzene rings is 4. The van der Waals surface area contributed by atoms with E-state index in [1.165, 1.54) is 0 Å². The number of pyridine rings is 1. The number of hydrogen-bond acceptors (Lipinski definition) is 5. The van der Waals surface area contributed by atoms with E-state index in [0.29, 0.717) is 45.9 Å². The molecule has 0 radical (unpaired) electrons. The van der Waals surface area contributed by atoms with Crippen molar-refractivity contribution in [2.24, 2.45) is 0 Å². The SMILES string of the molecule is C/C(=C\c1ccc(Oc2c(C(=O)c3ccc(C)cc3C)cnc3cc(OCc4ccccc4)ccc23)cc1)C(=O)O. The van der Waals surface area contributed by atoms with Crippen molar-refractivity contribution < 1.29 is 24.2 Å². The highest BCUT2D eigenvalue weighted by Gasteiger charge is 2.21. The van der Waals surface area contributed by atoms with Gasteiger partial charge in [0.2, 0.25) is 0 Å². The van der Waals surface area contributed by atoms with Crippen LogP contribution in [0.3, 0.4) is 0 Å². The van der Waals surface area contributed by atoms with Crippen LogP contribution < -0.4 is 9.47 Å². The Balaban J connectivity index is 1.53. The van der Waals surface area contributed by atoms with Crippen LogP contribution in [0.1, 0.15) is 45.1 Å². The molecule has 0 fully saturated rings. The van der Waals surface area contributed by atoms with Crippen LogP contribution >= 0.6 is 0 Å². The summed E-state index contributed by atoms with van der Waals surface area (Å²) < 4.78 is 12.4. The molecule has 1 heterocycles. The van der Waals surface area contributed by atoms with Crippen LogP contribution in [0.4, 0.5) is 0 Å². The second-order valence-corrected chi connectivity index (χ2v) is 9.91. The van der Waals surface area contributed by atoms with Crippen LogP contribution in [0.25, 0.3) is 17.0 Å². The summed E-state index contributed by atoms with van der Waals surface area (Å²) in [4.78, 5) is 29.6. The molecular weight excluding hydrogens is 514 g/mol. The van der Waals surface area contributed by atoms with Gasteiger partial charge in [0.15, 0.2) is 5.78 Å². The third-order valence-corrected chi connectivity index (χ3v) is 6.73. The molecule has 5 aromatic rings. The molecule has 1 N–H and O–H groups in total. The number of rotatable bonds is 9. The Morgan fingerprint density at radius 3 is 2.29 bits per heavy atom. The summed E-state index contributed by atoms with van der Waals surface area (Å²) in [6.07, 6.45) is 3.13. The standard InChI is InChI=1S/C35H29NO5/c1-22-9-15-29(23(2)17-22)33(37)31-20-36-32-19-28(40-21-26-7-5-4-6-8-26)14-16-30(32)34(31)41-27-12-10-25(11-13-27)18-24(3)35(38)39/h4-20H,21H2,1-3H3,(H,38,39)/b24-18+. The number of carboxylic acid groups (broad SMARTS) is 1. The Hall–Kier alpha value is -5.23. The molecule has 5 rings (SSSR count). The van der Waals surface area contributed by atoms with Crippen molar-refractivity contribution in [1.29, 1.82) is 0 Å². The van der Waals surface area contributed by atoms with E-state index in [4.69, 9.17) is 9.47 Å². The van der Waals surface area contributed by atoms with Gasteiger partial charge in [-0.15, -0.1) is 0 Å². The summed E-state index contributed by atoms with van der Waals surface area (Å²) in [5.41, 5.74) is 5.49. The maximum atomic E-state index is 13.8. The molecule has 6 heteroatoms. The smallest absolute Gasteiger partial charge is 0.331 e. The number of ketones is 1. The predicted molar refractivity (Wildman–Crippen MR) is 160 cm³/mol. The van der Waals surface area contributed by atoms with E-state index >= 15 is 0 Å². The topological polar surface area (TPSA) is 85.7 Å². The number of nitrogens with zero attached hydrogens (tertiary/aromatic N) is 1. The summed E-state index contributed by atoms with van der Waals surface area (Å²) in [5.74, 6) is 0.377. The van der Waals surface area contributed by atoms with Crippen molar-refractivity contribution in [1.82, 2.24) is 4.98 Å². The molecule has 1 aromatic heterocycles. The van der Waals surface area contributed by atoms with E-state index in [2.05, 4.69) is 4.98 Å². The average Bonchev–Trinajstić information content (AvgIpc) is 2.97. The highest BCUT2D eigenvalue weighted by atomic mass is 16.5. The van der Waals surface area contributed by atoms with Crippen LogP contribution in [0.5, 0.6) is 17.2 Å². The molecule has 0 aliphatic carbocycles. The first kappa shape index (κ1) is 27.3. The molecule has 0 aliphatic rings. The van der Waals surface area contributed by atoms with Gasteiger partial charge in [-0.25, -0.2) is 4.79 Å². The predicted octanol–water partition coefficient (Wildman–Crippen LogP) is 7.94. The van der Waals surface area contributed by atoms with E-state index < -0.39 is 5.97 Å². The van der Waals surface area contributed by atoms with Crippen LogP contribution in [0.2, 0.25) is 0 Å². The second-order valence-electron chi connectivity index (χ2n) is 9.91. The van der Waals surface area contributed by atoms with Crippen molar-refractivity contribution in [3.8, 4) is 17.2 Å². The van der Waals surface area contributed by atoms with Crippen molar-refractivity contribution in [2.75, 3.05) is 0 Å². The van der Waals surface area contributed by atoms with Gasteiger partial charge in [0.1, 0.15) is 23.9 Å². The molecule has 0 bridgehead atoms. The monoisotopic (exact) mass is 543 g/mol. The minimum atomic E-state index is -0.977. The van der Waals surface area contributed by atoms with Gasteiger partial charge in [-0.1, -0.05) is 66.2 Å². The van der Waals surface area contributed by atoms with Gasteiger partial charge in [-0.3, -0.25) is 9.78 Å². The number of aliphatic carboxylic acids is 1. The number of carbonyl (C=O) groups is 2. The summed E-state index contributed by atoms with van der Waals surface area (Å²) in [6.45, 7) is 5.86. The lowest BCUT2D eigenvalue weighted by Gasteiger charge is -2.15. The second kappa shape index (κ2) is 11.9. The Bertz CT molecular complexity index is 1770. The van der Waals surface area contributed by atoms with Gasteiger partial charge in [0, 0.05) is 28.8 Å². The molecular formula is C35H29NO5. The van der Waals surface area contributed by atoms with Gasteiger partial charge < -0.3 is 14.6 Å². The molecule has 6 nitrogen and oxygen atoms in total. The normalized spacial score (nSPS) is 11.3. The van der Waals surface area contributed by atoms with Gasteiger partial charge in [-0.2, -0.15) is 0 Å². The van der Waals surface area contributed by atoms with E-state index in [0.717, 1.165) is 22.3 Å². The van der Waals surface area contributed by atoms with E-state index in [9.17, 15) is 14.7 Å². The fraction of sp³-hybridized carbons (Fsp3) is 0.114. The van der Waals surface area contributed by atoms with E-state index in [-0.39, 0.29) is 11.4 Å². The molecule has 0 saturated carbocycles. The summed E-state index contributed by atoms with van der Waals surface area (Å²) in [6, 6.07) is 28.2. The van der Waals surface area contributed by atoms with Crippen LogP contribution in [0, 0.1) is 13.8 Å². The Morgan fingerprint density at radius 2 is 1.59 bits per heavy atom. The maximum Gasteiger partial charge on any atom is 0.331 e. The van der Waals surface area contributed by atoms with Crippen LogP contribution in [-0.4, -0.2) is 21.8 Å². The van der Waals surface area contributed by atoms with Gasteiger partial charge in [0.05, 0.1) is 11.1 Å². The zero-order chi connectivity index (χ0) is 28.9. The molecule has 41 heavy (non-hydrogen) atoms. The average molecular weight is 544 g/mol. The fourth-order valence-electron chi connectivity index (χ4n) is 4.53. The summed E-state index contributed by atoms with van der Waals surface area (Å²) >= 11 is 0. The van der Waals surface area contributed by atoms with Gasteiger partial charge >= 0.3 is 5.97 Å². The molecule has 0 amide bonds. The Labute approximate surface area is 238 Å². The molecule has 204 valence electrons. The zero-order valence-corrected chi connectivity index (χ0v) is 23.0. The Kier molecular flexibility index (Phi) is 7.92.